The zero-order valence-electron chi connectivity index (χ0n) is 9.00. The largest absolute Gasteiger partial charge is 0.492 e. The van der Waals surface area contributed by atoms with E-state index < -0.39 is 0 Å². The maximum atomic E-state index is 5.57. The summed E-state index contributed by atoms with van der Waals surface area (Å²) in [5.74, 6) is 0.839. The van der Waals surface area contributed by atoms with Crippen LogP contribution in [0.15, 0.2) is 16.6 Å². The molecule has 0 atom stereocenters. The van der Waals surface area contributed by atoms with E-state index >= 15 is 0 Å². The molecule has 0 amide bonds. The monoisotopic (exact) mass is 300 g/mol. The van der Waals surface area contributed by atoms with Gasteiger partial charge in [-0.2, -0.15) is 0 Å². The van der Waals surface area contributed by atoms with Crippen molar-refractivity contribution in [3.8, 4) is 5.75 Å². The minimum atomic E-state index is 0.630. The molecular weight excluding hydrogens is 288 g/mol. The van der Waals surface area contributed by atoms with Crippen molar-refractivity contribution in [2.45, 2.75) is 13.3 Å². The van der Waals surface area contributed by atoms with Crippen LogP contribution in [0, 0.1) is 0 Å². The van der Waals surface area contributed by atoms with Crippen molar-refractivity contribution in [3.05, 3.63) is 21.6 Å². The highest BCUT2D eigenvalue weighted by atomic mass is 79.9. The number of aromatic nitrogens is 1. The number of hydrogen-bond donors (Lipinski definition) is 1. The van der Waals surface area contributed by atoms with Crippen LogP contribution in [0.1, 0.15) is 11.9 Å². The zero-order valence-corrected chi connectivity index (χ0v) is 11.4. The second kappa shape index (κ2) is 5.12. The van der Waals surface area contributed by atoms with Gasteiger partial charge in [0.15, 0.2) is 0 Å². The van der Waals surface area contributed by atoms with E-state index in [1.54, 1.807) is 11.3 Å². The van der Waals surface area contributed by atoms with Gasteiger partial charge in [-0.3, -0.25) is 0 Å². The SMILES string of the molecule is CCOc1cc(Br)cc2sc(CCN)nc12. The number of nitrogens with zero attached hydrogens (tertiary/aromatic N) is 1. The molecule has 0 aliphatic rings. The maximum Gasteiger partial charge on any atom is 0.147 e. The molecule has 2 N–H and O–H groups in total. The summed E-state index contributed by atoms with van der Waals surface area (Å²) in [5.41, 5.74) is 6.48. The van der Waals surface area contributed by atoms with Crippen LogP contribution in [0.2, 0.25) is 0 Å². The first-order valence-corrected chi connectivity index (χ1v) is 6.77. The summed E-state index contributed by atoms with van der Waals surface area (Å²) in [7, 11) is 0. The first-order valence-electron chi connectivity index (χ1n) is 5.16. The Kier molecular flexibility index (Phi) is 3.78. The van der Waals surface area contributed by atoms with Crippen molar-refractivity contribution in [1.29, 1.82) is 0 Å². The molecule has 0 bridgehead atoms. The quantitative estimate of drug-likeness (QED) is 0.944. The Labute approximate surface area is 107 Å². The number of hydrogen-bond acceptors (Lipinski definition) is 4. The molecule has 86 valence electrons. The standard InChI is InChI=1S/C11H13BrN2OS/c1-2-15-8-5-7(12)6-9-11(8)14-10(16-9)3-4-13/h5-6H,2-4,13H2,1H3. The Bertz CT molecular complexity index is 498. The smallest absolute Gasteiger partial charge is 0.147 e. The second-order valence-electron chi connectivity index (χ2n) is 3.33. The van der Waals surface area contributed by atoms with Crippen molar-refractivity contribution in [2.24, 2.45) is 5.73 Å². The molecule has 0 aliphatic carbocycles. The van der Waals surface area contributed by atoms with E-state index in [9.17, 15) is 0 Å². The van der Waals surface area contributed by atoms with Crippen LogP contribution < -0.4 is 10.5 Å². The molecular formula is C11H13BrN2OS. The van der Waals surface area contributed by atoms with Crippen LogP contribution >= 0.6 is 27.3 Å². The molecule has 5 heteroatoms. The summed E-state index contributed by atoms with van der Waals surface area (Å²) in [6.07, 6.45) is 0.822. The van der Waals surface area contributed by atoms with E-state index in [1.165, 1.54) is 0 Å². The lowest BCUT2D eigenvalue weighted by Crippen LogP contribution is -2.01. The van der Waals surface area contributed by atoms with Gasteiger partial charge in [-0.25, -0.2) is 4.98 Å². The third kappa shape index (κ3) is 2.36. The summed E-state index contributed by atoms with van der Waals surface area (Å²) in [6.45, 7) is 3.25. The number of halogens is 1. The van der Waals surface area contributed by atoms with E-state index in [-0.39, 0.29) is 0 Å². The van der Waals surface area contributed by atoms with E-state index in [4.69, 9.17) is 10.5 Å². The Balaban J connectivity index is 2.51. The van der Waals surface area contributed by atoms with E-state index in [0.717, 1.165) is 31.9 Å². The van der Waals surface area contributed by atoms with Gasteiger partial charge in [0, 0.05) is 10.9 Å². The Morgan fingerprint density at radius 2 is 2.31 bits per heavy atom. The third-order valence-corrected chi connectivity index (χ3v) is 3.65. The molecule has 0 unspecified atom stereocenters. The van der Waals surface area contributed by atoms with Gasteiger partial charge >= 0.3 is 0 Å². The highest BCUT2D eigenvalue weighted by Gasteiger charge is 2.10. The molecule has 0 saturated carbocycles. The van der Waals surface area contributed by atoms with Crippen LogP contribution in [-0.4, -0.2) is 18.1 Å². The van der Waals surface area contributed by atoms with Gasteiger partial charge < -0.3 is 10.5 Å². The first-order chi connectivity index (χ1) is 7.74. The molecule has 0 radical (unpaired) electrons. The van der Waals surface area contributed by atoms with E-state index in [0.29, 0.717) is 13.2 Å². The van der Waals surface area contributed by atoms with Crippen molar-refractivity contribution < 1.29 is 4.74 Å². The van der Waals surface area contributed by atoms with Gasteiger partial charge in [-0.1, -0.05) is 15.9 Å². The highest BCUT2D eigenvalue weighted by molar-refractivity contribution is 9.10. The third-order valence-electron chi connectivity index (χ3n) is 2.13. The summed E-state index contributed by atoms with van der Waals surface area (Å²) in [5, 5.41) is 1.07. The molecule has 2 aromatic rings. The van der Waals surface area contributed by atoms with Crippen molar-refractivity contribution in [3.63, 3.8) is 0 Å². The summed E-state index contributed by atoms with van der Waals surface area (Å²) < 4.78 is 7.73. The van der Waals surface area contributed by atoms with Crippen molar-refractivity contribution >= 4 is 37.5 Å². The van der Waals surface area contributed by atoms with Crippen molar-refractivity contribution in [1.82, 2.24) is 4.98 Å². The molecule has 1 aromatic heterocycles. The maximum absolute atomic E-state index is 5.57. The van der Waals surface area contributed by atoms with Gasteiger partial charge in [0.1, 0.15) is 11.3 Å². The number of ether oxygens (including phenoxy) is 1. The van der Waals surface area contributed by atoms with Gasteiger partial charge in [0.05, 0.1) is 16.3 Å². The lowest BCUT2D eigenvalue weighted by Gasteiger charge is -2.03. The fourth-order valence-electron chi connectivity index (χ4n) is 1.51. The van der Waals surface area contributed by atoms with Gasteiger partial charge in [-0.15, -0.1) is 11.3 Å². The minimum absolute atomic E-state index is 0.630. The predicted octanol–water partition coefficient (Wildman–Crippen LogP) is 2.96. The van der Waals surface area contributed by atoms with Crippen LogP contribution in [0.25, 0.3) is 10.2 Å². The number of thiazole rings is 1. The van der Waals surface area contributed by atoms with Gasteiger partial charge in [0.2, 0.25) is 0 Å². The summed E-state index contributed by atoms with van der Waals surface area (Å²) in [4.78, 5) is 4.55. The molecule has 0 saturated heterocycles. The summed E-state index contributed by atoms with van der Waals surface area (Å²) >= 11 is 5.15. The second-order valence-corrected chi connectivity index (χ2v) is 5.36. The minimum Gasteiger partial charge on any atom is -0.492 e. The topological polar surface area (TPSA) is 48.1 Å². The zero-order chi connectivity index (χ0) is 11.5. The number of rotatable bonds is 4. The van der Waals surface area contributed by atoms with Crippen molar-refractivity contribution in [2.75, 3.05) is 13.2 Å². The molecule has 3 nitrogen and oxygen atoms in total. The average Bonchev–Trinajstić information content (AvgIpc) is 2.61. The fraction of sp³-hybridized carbons (Fsp3) is 0.364. The first kappa shape index (κ1) is 11.8. The molecule has 16 heavy (non-hydrogen) atoms. The van der Waals surface area contributed by atoms with Gasteiger partial charge in [-0.05, 0) is 25.6 Å². The Morgan fingerprint density at radius 1 is 1.50 bits per heavy atom. The van der Waals surface area contributed by atoms with Gasteiger partial charge in [0.25, 0.3) is 0 Å². The van der Waals surface area contributed by atoms with E-state index in [1.807, 2.05) is 13.0 Å². The molecule has 1 heterocycles. The lowest BCUT2D eigenvalue weighted by molar-refractivity contribution is 0.343. The molecule has 0 fully saturated rings. The molecule has 1 aromatic carbocycles. The fourth-order valence-corrected chi connectivity index (χ4v) is 3.14. The number of fused-ring (bicyclic) bond motifs is 1. The number of nitrogens with two attached hydrogens (primary N) is 1. The summed E-state index contributed by atoms with van der Waals surface area (Å²) in [6, 6.07) is 4.02. The predicted molar refractivity (Wildman–Crippen MR) is 71.2 cm³/mol. The molecule has 0 aliphatic heterocycles. The van der Waals surface area contributed by atoms with Crippen LogP contribution in [0.3, 0.4) is 0 Å². The van der Waals surface area contributed by atoms with Crippen LogP contribution in [0.4, 0.5) is 0 Å². The lowest BCUT2D eigenvalue weighted by atomic mass is 10.3. The van der Waals surface area contributed by atoms with Crippen LogP contribution in [-0.2, 0) is 6.42 Å². The Hall–Kier alpha value is -0.650. The normalized spacial score (nSPS) is 10.9. The van der Waals surface area contributed by atoms with Crippen LogP contribution in [0.5, 0.6) is 5.75 Å². The Morgan fingerprint density at radius 3 is 3.00 bits per heavy atom. The highest BCUT2D eigenvalue weighted by Crippen LogP contribution is 2.33. The molecule has 2 rings (SSSR count). The number of benzene rings is 1. The molecule has 0 spiro atoms. The average molecular weight is 301 g/mol. The van der Waals surface area contributed by atoms with E-state index in [2.05, 4.69) is 27.0 Å².